The van der Waals surface area contributed by atoms with E-state index < -0.39 is 0 Å². The normalized spacial score (nSPS) is 10.5. The SMILES string of the molecule is C=Cc1ccc(Cl)cc1Cn1nc(C)[nH]1. The highest BCUT2D eigenvalue weighted by Gasteiger charge is 2.04. The van der Waals surface area contributed by atoms with Crippen LogP contribution in [0.25, 0.3) is 6.08 Å². The summed E-state index contributed by atoms with van der Waals surface area (Å²) in [5.41, 5.74) is 2.20. The Hall–Kier alpha value is -1.48. The summed E-state index contributed by atoms with van der Waals surface area (Å²) in [5, 5.41) is 7.98. The molecule has 1 aromatic heterocycles. The molecule has 2 rings (SSSR count). The van der Waals surface area contributed by atoms with E-state index in [-0.39, 0.29) is 0 Å². The van der Waals surface area contributed by atoms with Gasteiger partial charge in [0.25, 0.3) is 0 Å². The number of aromatic nitrogens is 3. The zero-order chi connectivity index (χ0) is 10.8. The lowest BCUT2D eigenvalue weighted by molar-refractivity contribution is 0.475. The number of hydrogen-bond acceptors (Lipinski definition) is 1. The molecule has 0 fully saturated rings. The zero-order valence-corrected chi connectivity index (χ0v) is 9.25. The van der Waals surface area contributed by atoms with E-state index >= 15 is 0 Å². The number of halogens is 1. The molecule has 0 saturated carbocycles. The molecule has 0 aliphatic heterocycles. The maximum atomic E-state index is 5.94. The Morgan fingerprint density at radius 3 is 2.93 bits per heavy atom. The fourth-order valence-corrected chi connectivity index (χ4v) is 1.71. The summed E-state index contributed by atoms with van der Waals surface area (Å²) in [7, 11) is 0. The van der Waals surface area contributed by atoms with Crippen LogP contribution in [0.1, 0.15) is 17.0 Å². The molecule has 1 N–H and O–H groups in total. The molecule has 78 valence electrons. The lowest BCUT2D eigenvalue weighted by atomic mass is 10.1. The number of H-pyrrole nitrogens is 1. The quantitative estimate of drug-likeness (QED) is 0.850. The summed E-state index contributed by atoms with van der Waals surface area (Å²) in [6.45, 7) is 6.38. The Kier molecular flexibility index (Phi) is 2.64. The third kappa shape index (κ3) is 2.13. The predicted octanol–water partition coefficient (Wildman–Crippen LogP) is 2.86. The number of rotatable bonds is 3. The highest BCUT2D eigenvalue weighted by Crippen LogP contribution is 2.17. The average molecular weight is 222 g/mol. The fourth-order valence-electron chi connectivity index (χ4n) is 1.52. The lowest BCUT2D eigenvalue weighted by Crippen LogP contribution is -2.18. The van der Waals surface area contributed by atoms with Crippen molar-refractivity contribution >= 4 is 17.7 Å². The van der Waals surface area contributed by atoms with Gasteiger partial charge in [0.1, 0.15) is 5.82 Å². The maximum Gasteiger partial charge on any atom is 0.141 e. The van der Waals surface area contributed by atoms with Gasteiger partial charge in [0, 0.05) is 5.02 Å². The van der Waals surface area contributed by atoms with Gasteiger partial charge < -0.3 is 0 Å². The van der Waals surface area contributed by atoms with Crippen LogP contribution in [0.15, 0.2) is 24.8 Å². The van der Waals surface area contributed by atoms with Gasteiger partial charge in [0.15, 0.2) is 0 Å². The van der Waals surface area contributed by atoms with Gasteiger partial charge in [-0.1, -0.05) is 30.3 Å². The second-order valence-corrected chi connectivity index (χ2v) is 3.84. The summed E-state index contributed by atoms with van der Waals surface area (Å²) >= 11 is 5.94. The van der Waals surface area contributed by atoms with Gasteiger partial charge in [-0.05, 0) is 30.2 Å². The topological polar surface area (TPSA) is 33.6 Å². The van der Waals surface area contributed by atoms with E-state index in [2.05, 4.69) is 16.8 Å². The molecule has 1 aromatic carbocycles. The first kappa shape index (κ1) is 10.1. The van der Waals surface area contributed by atoms with Gasteiger partial charge in [-0.15, -0.1) is 5.10 Å². The van der Waals surface area contributed by atoms with E-state index in [0.29, 0.717) is 6.54 Å². The van der Waals surface area contributed by atoms with Crippen LogP contribution in [0.4, 0.5) is 0 Å². The third-order valence-corrected chi connectivity index (χ3v) is 2.44. The molecule has 2 aromatic rings. The van der Waals surface area contributed by atoms with Crippen molar-refractivity contribution in [2.75, 3.05) is 0 Å². The van der Waals surface area contributed by atoms with Gasteiger partial charge in [-0.3, -0.25) is 5.10 Å². The zero-order valence-electron chi connectivity index (χ0n) is 8.50. The Morgan fingerprint density at radius 2 is 2.33 bits per heavy atom. The van der Waals surface area contributed by atoms with Crippen LogP contribution in [-0.2, 0) is 6.54 Å². The highest BCUT2D eigenvalue weighted by molar-refractivity contribution is 6.30. The van der Waals surface area contributed by atoms with Crippen LogP contribution in [0.2, 0.25) is 5.02 Å². The largest absolute Gasteiger partial charge is 0.267 e. The minimum atomic E-state index is 0.694. The van der Waals surface area contributed by atoms with Crippen molar-refractivity contribution in [3.63, 3.8) is 0 Å². The van der Waals surface area contributed by atoms with Gasteiger partial charge >= 0.3 is 0 Å². The Morgan fingerprint density at radius 1 is 1.60 bits per heavy atom. The maximum absolute atomic E-state index is 5.94. The van der Waals surface area contributed by atoms with Gasteiger partial charge in [-0.2, -0.15) is 0 Å². The molecule has 0 radical (unpaired) electrons. The average Bonchev–Trinajstić information content (AvgIpc) is 2.16. The standard InChI is InChI=1S/C11H12ClN3/c1-3-9-4-5-11(12)6-10(9)7-15-13-8(2)14-15/h3-6H,1,7H2,2H3,(H,13,14). The monoisotopic (exact) mass is 221 g/mol. The van der Waals surface area contributed by atoms with E-state index in [1.165, 1.54) is 0 Å². The summed E-state index contributed by atoms with van der Waals surface area (Å²) in [5.74, 6) is 0.928. The van der Waals surface area contributed by atoms with Crippen LogP contribution in [0.5, 0.6) is 0 Å². The molecular formula is C11H12ClN3. The molecule has 0 spiro atoms. The second kappa shape index (κ2) is 3.95. The predicted molar refractivity (Wildman–Crippen MR) is 62.0 cm³/mol. The van der Waals surface area contributed by atoms with Crippen molar-refractivity contribution in [1.82, 2.24) is 15.0 Å². The molecule has 4 heteroatoms. The first-order chi connectivity index (χ1) is 7.19. The summed E-state index contributed by atoms with van der Waals surface area (Å²) in [6.07, 6.45) is 1.82. The smallest absolute Gasteiger partial charge is 0.141 e. The fraction of sp³-hybridized carbons (Fsp3) is 0.182. The van der Waals surface area contributed by atoms with Crippen molar-refractivity contribution in [2.45, 2.75) is 13.5 Å². The van der Waals surface area contributed by atoms with E-state index in [1.54, 1.807) is 4.80 Å². The van der Waals surface area contributed by atoms with Crippen LogP contribution in [0, 0.1) is 6.92 Å². The molecule has 0 amide bonds. The number of nitrogens with one attached hydrogen (secondary N) is 1. The number of nitrogens with zero attached hydrogens (tertiary/aromatic N) is 2. The van der Waals surface area contributed by atoms with Gasteiger partial charge in [0.2, 0.25) is 0 Å². The van der Waals surface area contributed by atoms with Crippen molar-refractivity contribution in [1.29, 1.82) is 0 Å². The molecule has 1 heterocycles. The van der Waals surface area contributed by atoms with Gasteiger partial charge in [0.05, 0.1) is 6.54 Å². The number of hydrogen-bond donors (Lipinski definition) is 1. The molecule has 0 aliphatic rings. The second-order valence-electron chi connectivity index (χ2n) is 3.40. The summed E-state index contributed by atoms with van der Waals surface area (Å²) in [4.78, 5) is 1.77. The van der Waals surface area contributed by atoms with Crippen LogP contribution in [0.3, 0.4) is 0 Å². The highest BCUT2D eigenvalue weighted by atomic mass is 35.5. The van der Waals surface area contributed by atoms with E-state index in [4.69, 9.17) is 11.6 Å². The summed E-state index contributed by atoms with van der Waals surface area (Å²) in [6, 6.07) is 5.75. The van der Waals surface area contributed by atoms with Crippen LogP contribution < -0.4 is 0 Å². The molecular weight excluding hydrogens is 210 g/mol. The molecule has 0 saturated heterocycles. The van der Waals surface area contributed by atoms with Gasteiger partial charge in [-0.25, -0.2) is 4.80 Å². The Bertz CT molecular complexity index is 470. The van der Waals surface area contributed by atoms with E-state index in [1.807, 2.05) is 31.2 Å². The van der Waals surface area contributed by atoms with Crippen LogP contribution in [-0.4, -0.2) is 15.0 Å². The Balaban J connectivity index is 2.27. The molecule has 3 nitrogen and oxygen atoms in total. The molecule has 15 heavy (non-hydrogen) atoms. The summed E-state index contributed by atoms with van der Waals surface area (Å²) < 4.78 is 0. The third-order valence-electron chi connectivity index (χ3n) is 2.21. The van der Waals surface area contributed by atoms with Crippen molar-refractivity contribution in [3.05, 3.63) is 46.8 Å². The van der Waals surface area contributed by atoms with Crippen molar-refractivity contribution in [3.8, 4) is 0 Å². The lowest BCUT2D eigenvalue weighted by Gasteiger charge is -2.13. The molecule has 0 bridgehead atoms. The molecule has 0 atom stereocenters. The minimum absolute atomic E-state index is 0.694. The number of aromatic amines is 1. The first-order valence-corrected chi connectivity index (χ1v) is 5.07. The van der Waals surface area contributed by atoms with E-state index in [0.717, 1.165) is 22.0 Å². The van der Waals surface area contributed by atoms with E-state index in [9.17, 15) is 0 Å². The Labute approximate surface area is 93.3 Å². The number of aryl methyl sites for hydroxylation is 1. The first-order valence-electron chi connectivity index (χ1n) is 4.69. The van der Waals surface area contributed by atoms with Crippen molar-refractivity contribution < 1.29 is 0 Å². The minimum Gasteiger partial charge on any atom is -0.267 e. The van der Waals surface area contributed by atoms with Crippen molar-refractivity contribution in [2.24, 2.45) is 0 Å². The molecule has 0 aliphatic carbocycles. The molecule has 0 unspecified atom stereocenters. The number of benzene rings is 1. The van der Waals surface area contributed by atoms with Crippen LogP contribution >= 0.6 is 11.6 Å².